The van der Waals surface area contributed by atoms with Gasteiger partial charge in [-0.3, -0.25) is 4.31 Å². The maximum Gasteiger partial charge on any atom is 0.491 e. The van der Waals surface area contributed by atoms with Gasteiger partial charge in [0, 0.05) is 0 Å². The summed E-state index contributed by atoms with van der Waals surface area (Å²) in [6.45, 7) is 0. The normalized spacial score (nSPS) is 13.0. The summed E-state index contributed by atoms with van der Waals surface area (Å²) in [5.74, 6) is 0. The van der Waals surface area contributed by atoms with Crippen LogP contribution in [0.2, 0.25) is 0 Å². The summed E-state index contributed by atoms with van der Waals surface area (Å²) in [5.41, 5.74) is -4.36. The van der Waals surface area contributed by atoms with Crippen molar-refractivity contribution in [2.45, 2.75) is 5.51 Å². The van der Waals surface area contributed by atoms with E-state index >= 15 is 0 Å². The van der Waals surface area contributed by atoms with Gasteiger partial charge in [0.25, 0.3) is 0 Å². The van der Waals surface area contributed by atoms with Gasteiger partial charge in [0.1, 0.15) is 0 Å². The Morgan fingerprint density at radius 2 is 1.16 bits per heavy atom. The van der Waals surface area contributed by atoms with Crippen molar-refractivity contribution in [3.8, 4) is 0 Å². The largest absolute Gasteiger partial charge is 0.491 e. The number of hydrogen-bond acceptors (Lipinski definition) is 1. The van der Waals surface area contributed by atoms with E-state index in [1.165, 1.54) is 24.3 Å². The minimum absolute atomic E-state index is 0.226. The Morgan fingerprint density at radius 3 is 1.47 bits per heavy atom. The molecule has 0 saturated heterocycles. The molecule has 0 N–H and O–H groups in total. The number of nitrogens with zero attached hydrogens (tertiary/aromatic N) is 1. The molecule has 0 radical (unpaired) electrons. The molecule has 0 bridgehead atoms. The number of anilines is 2. The molecule has 6 heteroatoms. The average Bonchev–Trinajstić information content (AvgIpc) is 2.40. The van der Waals surface area contributed by atoms with E-state index in [0.29, 0.717) is 0 Å². The molecular formula is C13H10F3NOS. The first-order chi connectivity index (χ1) is 9.00. The number of halogens is 3. The van der Waals surface area contributed by atoms with E-state index in [1.54, 1.807) is 36.4 Å². The molecule has 19 heavy (non-hydrogen) atoms. The topological polar surface area (TPSA) is 20.3 Å². The Labute approximate surface area is 111 Å². The maximum atomic E-state index is 12.7. The zero-order valence-corrected chi connectivity index (χ0v) is 10.5. The lowest BCUT2D eigenvalue weighted by Crippen LogP contribution is -2.31. The first-order valence-corrected chi connectivity index (χ1v) is 6.50. The van der Waals surface area contributed by atoms with Gasteiger partial charge in [0.15, 0.2) is 0 Å². The highest BCUT2D eigenvalue weighted by Gasteiger charge is 2.42. The van der Waals surface area contributed by atoms with Crippen molar-refractivity contribution >= 4 is 22.4 Å². The van der Waals surface area contributed by atoms with Crippen molar-refractivity contribution in [1.82, 2.24) is 0 Å². The van der Waals surface area contributed by atoms with Crippen LogP contribution in [0, 0.1) is 0 Å². The number of benzene rings is 2. The van der Waals surface area contributed by atoms with Gasteiger partial charge in [0.2, 0.25) is 11.0 Å². The monoisotopic (exact) mass is 285 g/mol. The van der Waals surface area contributed by atoms with Gasteiger partial charge in [-0.05, 0) is 24.3 Å². The average molecular weight is 285 g/mol. The molecule has 0 aromatic heterocycles. The number of rotatable bonds is 3. The first kappa shape index (κ1) is 13.6. The van der Waals surface area contributed by atoms with Crippen LogP contribution in [0.5, 0.6) is 0 Å². The van der Waals surface area contributed by atoms with Gasteiger partial charge in [-0.25, -0.2) is 4.21 Å². The van der Waals surface area contributed by atoms with Crippen molar-refractivity contribution in [3.63, 3.8) is 0 Å². The van der Waals surface area contributed by atoms with Crippen molar-refractivity contribution in [2.75, 3.05) is 4.31 Å². The van der Waals surface area contributed by atoms with E-state index in [4.69, 9.17) is 0 Å². The number of para-hydroxylation sites is 2. The minimum atomic E-state index is -4.81. The molecule has 0 fully saturated rings. The second-order valence-corrected chi connectivity index (χ2v) is 4.99. The second kappa shape index (κ2) is 5.44. The smallest absolute Gasteiger partial charge is 0.253 e. The van der Waals surface area contributed by atoms with E-state index in [0.717, 1.165) is 4.31 Å². The van der Waals surface area contributed by atoms with Gasteiger partial charge < -0.3 is 0 Å². The van der Waals surface area contributed by atoms with E-state index in [9.17, 15) is 17.4 Å². The van der Waals surface area contributed by atoms with Gasteiger partial charge >= 0.3 is 5.51 Å². The minimum Gasteiger partial charge on any atom is -0.253 e. The van der Waals surface area contributed by atoms with Crippen LogP contribution in [-0.2, 0) is 11.0 Å². The van der Waals surface area contributed by atoms with Gasteiger partial charge in [-0.15, -0.1) is 0 Å². The predicted octanol–water partition coefficient (Wildman–Crippen LogP) is 4.01. The van der Waals surface area contributed by atoms with Gasteiger partial charge in [0.05, 0.1) is 11.4 Å². The Bertz CT molecular complexity index is 518. The molecule has 0 amide bonds. The van der Waals surface area contributed by atoms with Crippen LogP contribution in [0.3, 0.4) is 0 Å². The Balaban J connectivity index is 2.49. The van der Waals surface area contributed by atoms with Crippen LogP contribution >= 0.6 is 0 Å². The molecule has 1 unspecified atom stereocenters. The van der Waals surface area contributed by atoms with Gasteiger partial charge in [-0.1, -0.05) is 36.4 Å². The van der Waals surface area contributed by atoms with Crippen LogP contribution < -0.4 is 4.31 Å². The highest BCUT2D eigenvalue weighted by molar-refractivity contribution is 7.87. The lowest BCUT2D eigenvalue weighted by atomic mass is 10.3. The summed E-state index contributed by atoms with van der Waals surface area (Å²) in [5, 5.41) is 0. The molecule has 0 aliphatic heterocycles. The summed E-state index contributed by atoms with van der Waals surface area (Å²) in [6.07, 6.45) is 0. The Kier molecular flexibility index (Phi) is 3.90. The molecule has 2 aromatic carbocycles. The summed E-state index contributed by atoms with van der Waals surface area (Å²) in [4.78, 5) is 0. The third-order valence-corrected chi connectivity index (χ3v) is 3.49. The third kappa shape index (κ3) is 3.14. The van der Waals surface area contributed by atoms with E-state index < -0.39 is 16.5 Å². The predicted molar refractivity (Wildman–Crippen MR) is 69.2 cm³/mol. The third-order valence-electron chi connectivity index (χ3n) is 2.35. The molecule has 0 spiro atoms. The van der Waals surface area contributed by atoms with Crippen molar-refractivity contribution in [3.05, 3.63) is 60.7 Å². The summed E-state index contributed by atoms with van der Waals surface area (Å²) in [7, 11) is -3.14. The molecule has 1 atom stereocenters. The fourth-order valence-electron chi connectivity index (χ4n) is 1.57. The zero-order valence-electron chi connectivity index (χ0n) is 9.67. The van der Waals surface area contributed by atoms with Crippen molar-refractivity contribution in [2.24, 2.45) is 0 Å². The molecule has 0 aliphatic rings. The molecule has 0 heterocycles. The second-order valence-electron chi connectivity index (χ2n) is 3.66. The molecular weight excluding hydrogens is 275 g/mol. The lowest BCUT2D eigenvalue weighted by molar-refractivity contribution is -0.0384. The van der Waals surface area contributed by atoms with Crippen LogP contribution in [0.4, 0.5) is 24.5 Å². The summed E-state index contributed by atoms with van der Waals surface area (Å²) >= 11 is 0. The van der Waals surface area contributed by atoms with Crippen LogP contribution in [0.25, 0.3) is 0 Å². The first-order valence-electron chi connectivity index (χ1n) is 5.39. The van der Waals surface area contributed by atoms with Crippen molar-refractivity contribution in [1.29, 1.82) is 0 Å². The molecule has 2 nitrogen and oxygen atoms in total. The molecule has 2 aromatic rings. The highest BCUT2D eigenvalue weighted by atomic mass is 32.2. The lowest BCUT2D eigenvalue weighted by Gasteiger charge is -2.24. The van der Waals surface area contributed by atoms with Gasteiger partial charge in [-0.2, -0.15) is 13.2 Å². The highest BCUT2D eigenvalue weighted by Crippen LogP contribution is 2.33. The number of hydrogen-bond donors (Lipinski definition) is 0. The fraction of sp³-hybridized carbons (Fsp3) is 0.0769. The van der Waals surface area contributed by atoms with E-state index in [-0.39, 0.29) is 11.4 Å². The van der Waals surface area contributed by atoms with Crippen molar-refractivity contribution < 1.29 is 17.4 Å². The van der Waals surface area contributed by atoms with Crippen LogP contribution in [0.15, 0.2) is 60.7 Å². The van der Waals surface area contributed by atoms with Crippen LogP contribution in [-0.4, -0.2) is 9.72 Å². The van der Waals surface area contributed by atoms with E-state index in [1.807, 2.05) is 0 Å². The summed E-state index contributed by atoms with van der Waals surface area (Å²) in [6, 6.07) is 15.7. The molecule has 2 rings (SSSR count). The molecule has 0 saturated carbocycles. The molecule has 0 aliphatic carbocycles. The standard InChI is InChI=1S/C13H10F3NOS/c14-13(15,16)19(18)17(11-7-3-1-4-8-11)12-9-5-2-6-10-12/h1-10H. The SMILES string of the molecule is O=S(N(c1ccccc1)c1ccccc1)C(F)(F)F. The van der Waals surface area contributed by atoms with Crippen LogP contribution in [0.1, 0.15) is 0 Å². The Hall–Kier alpha value is -1.82. The molecule has 100 valence electrons. The number of alkyl halides is 3. The fourth-order valence-corrected chi connectivity index (χ4v) is 2.40. The maximum absolute atomic E-state index is 12.7. The zero-order chi connectivity index (χ0) is 13.9. The van der Waals surface area contributed by atoms with E-state index in [2.05, 4.69) is 0 Å². The quantitative estimate of drug-likeness (QED) is 0.834. The Morgan fingerprint density at radius 1 is 0.789 bits per heavy atom. The summed E-state index contributed by atoms with van der Waals surface area (Å²) < 4.78 is 50.6.